The minimum atomic E-state index is -0.746. The van der Waals surface area contributed by atoms with Crippen molar-refractivity contribution in [3.8, 4) is 0 Å². The van der Waals surface area contributed by atoms with Gasteiger partial charge < -0.3 is 5.11 Å². The Balaban J connectivity index is 2.55. The molecule has 2 N–H and O–H groups in total. The van der Waals surface area contributed by atoms with Crippen molar-refractivity contribution in [2.75, 3.05) is 5.75 Å². The van der Waals surface area contributed by atoms with Gasteiger partial charge in [-0.1, -0.05) is 20.3 Å². The number of aliphatic carboxylic acids is 1. The summed E-state index contributed by atoms with van der Waals surface area (Å²) in [6, 6.07) is 0.359. The summed E-state index contributed by atoms with van der Waals surface area (Å²) in [6.07, 6.45) is 2.67. The van der Waals surface area contributed by atoms with Crippen LogP contribution in [-0.4, -0.2) is 33.7 Å². The van der Waals surface area contributed by atoms with E-state index in [-0.39, 0.29) is 0 Å². The van der Waals surface area contributed by atoms with E-state index in [9.17, 15) is 9.90 Å². The molecule has 1 heterocycles. The van der Waals surface area contributed by atoms with Crippen molar-refractivity contribution in [2.24, 2.45) is 0 Å². The second-order valence-electron chi connectivity index (χ2n) is 4.61. The maximum atomic E-state index is 11.2. The standard InChI is InChI=1S/C11H21NO2S/c1-4-5-11(3,10(13)14)12-9-6-8(2)15-7-9/h8-9,12H,4-7H2,1-3H3,(H,13,14). The van der Waals surface area contributed by atoms with Crippen LogP contribution in [0.5, 0.6) is 0 Å². The second kappa shape index (κ2) is 5.21. The van der Waals surface area contributed by atoms with E-state index in [1.54, 1.807) is 6.92 Å². The van der Waals surface area contributed by atoms with Gasteiger partial charge in [-0.3, -0.25) is 10.1 Å². The van der Waals surface area contributed by atoms with E-state index in [2.05, 4.69) is 12.2 Å². The van der Waals surface area contributed by atoms with Crippen molar-refractivity contribution in [1.29, 1.82) is 0 Å². The number of hydrogen-bond donors (Lipinski definition) is 2. The molecular weight excluding hydrogens is 210 g/mol. The monoisotopic (exact) mass is 231 g/mol. The first-order chi connectivity index (χ1) is 6.98. The maximum Gasteiger partial charge on any atom is 0.323 e. The zero-order chi connectivity index (χ0) is 11.5. The van der Waals surface area contributed by atoms with Crippen LogP contribution in [0, 0.1) is 0 Å². The Morgan fingerprint density at radius 3 is 2.73 bits per heavy atom. The fraction of sp³-hybridized carbons (Fsp3) is 0.909. The predicted octanol–water partition coefficient (Wildman–Crippen LogP) is 2.11. The molecule has 0 aliphatic carbocycles. The number of thioether (sulfide) groups is 1. The fourth-order valence-electron chi connectivity index (χ4n) is 2.11. The molecule has 88 valence electrons. The summed E-state index contributed by atoms with van der Waals surface area (Å²) in [5.74, 6) is 0.308. The van der Waals surface area contributed by atoms with Crippen LogP contribution in [0.4, 0.5) is 0 Å². The van der Waals surface area contributed by atoms with Crippen molar-refractivity contribution in [2.45, 2.75) is 56.9 Å². The number of carbonyl (C=O) groups is 1. The van der Waals surface area contributed by atoms with Gasteiger partial charge in [0.25, 0.3) is 0 Å². The molecule has 0 spiro atoms. The summed E-state index contributed by atoms with van der Waals surface area (Å²) >= 11 is 1.92. The van der Waals surface area contributed by atoms with E-state index in [4.69, 9.17) is 0 Å². The number of carboxylic acid groups (broad SMARTS) is 1. The van der Waals surface area contributed by atoms with Gasteiger partial charge in [0.2, 0.25) is 0 Å². The van der Waals surface area contributed by atoms with Gasteiger partial charge in [0, 0.05) is 17.0 Å². The normalized spacial score (nSPS) is 30.1. The lowest BCUT2D eigenvalue weighted by Gasteiger charge is -2.29. The zero-order valence-electron chi connectivity index (χ0n) is 9.75. The van der Waals surface area contributed by atoms with E-state index in [1.807, 2.05) is 18.7 Å². The molecule has 3 atom stereocenters. The van der Waals surface area contributed by atoms with Gasteiger partial charge in [0.15, 0.2) is 0 Å². The topological polar surface area (TPSA) is 49.3 Å². The lowest BCUT2D eigenvalue weighted by atomic mass is 9.94. The first-order valence-corrected chi connectivity index (χ1v) is 6.65. The van der Waals surface area contributed by atoms with Gasteiger partial charge in [0.05, 0.1) is 0 Å². The van der Waals surface area contributed by atoms with Crippen LogP contribution >= 0.6 is 11.8 Å². The minimum Gasteiger partial charge on any atom is -0.480 e. The highest BCUT2D eigenvalue weighted by Gasteiger charge is 2.36. The summed E-state index contributed by atoms with van der Waals surface area (Å²) in [5, 5.41) is 13.2. The van der Waals surface area contributed by atoms with Gasteiger partial charge in [-0.25, -0.2) is 0 Å². The van der Waals surface area contributed by atoms with E-state index in [0.29, 0.717) is 17.7 Å². The van der Waals surface area contributed by atoms with Crippen molar-refractivity contribution < 1.29 is 9.90 Å². The molecule has 0 radical (unpaired) electrons. The van der Waals surface area contributed by atoms with Crippen molar-refractivity contribution >= 4 is 17.7 Å². The molecule has 1 aliphatic heterocycles. The summed E-state index contributed by atoms with van der Waals surface area (Å²) < 4.78 is 0. The third kappa shape index (κ3) is 3.38. The zero-order valence-corrected chi connectivity index (χ0v) is 10.6. The molecular formula is C11H21NO2S. The molecule has 15 heavy (non-hydrogen) atoms. The first kappa shape index (κ1) is 12.8. The highest BCUT2D eigenvalue weighted by Crippen LogP contribution is 2.28. The Morgan fingerprint density at radius 1 is 1.67 bits per heavy atom. The molecule has 0 aromatic heterocycles. The Labute approximate surface area is 96.0 Å². The number of hydrogen-bond acceptors (Lipinski definition) is 3. The van der Waals surface area contributed by atoms with Crippen LogP contribution in [0.15, 0.2) is 0 Å². The lowest BCUT2D eigenvalue weighted by molar-refractivity contribution is -0.144. The van der Waals surface area contributed by atoms with Crippen LogP contribution in [0.1, 0.15) is 40.0 Å². The highest BCUT2D eigenvalue weighted by atomic mass is 32.2. The smallest absolute Gasteiger partial charge is 0.323 e. The molecule has 0 amide bonds. The first-order valence-electron chi connectivity index (χ1n) is 5.60. The molecule has 4 heteroatoms. The highest BCUT2D eigenvalue weighted by molar-refractivity contribution is 8.00. The van der Waals surface area contributed by atoms with Crippen LogP contribution in [-0.2, 0) is 4.79 Å². The van der Waals surface area contributed by atoms with Crippen LogP contribution in [0.2, 0.25) is 0 Å². The molecule has 1 aliphatic rings. The average molecular weight is 231 g/mol. The molecule has 0 aromatic rings. The summed E-state index contributed by atoms with van der Waals surface area (Å²) in [5.41, 5.74) is -0.746. The summed E-state index contributed by atoms with van der Waals surface area (Å²) in [7, 11) is 0. The number of nitrogens with one attached hydrogen (secondary N) is 1. The van der Waals surface area contributed by atoms with Gasteiger partial charge in [-0.2, -0.15) is 11.8 Å². The Morgan fingerprint density at radius 2 is 2.33 bits per heavy atom. The van der Waals surface area contributed by atoms with E-state index in [0.717, 1.165) is 18.6 Å². The molecule has 0 bridgehead atoms. The van der Waals surface area contributed by atoms with Crippen molar-refractivity contribution in [1.82, 2.24) is 5.32 Å². The molecule has 1 fully saturated rings. The second-order valence-corrected chi connectivity index (χ2v) is 6.08. The molecule has 1 saturated heterocycles. The van der Waals surface area contributed by atoms with Crippen LogP contribution in [0.25, 0.3) is 0 Å². The van der Waals surface area contributed by atoms with Crippen LogP contribution < -0.4 is 5.32 Å². The lowest BCUT2D eigenvalue weighted by Crippen LogP contribution is -2.53. The minimum absolute atomic E-state index is 0.359. The quantitative estimate of drug-likeness (QED) is 0.761. The van der Waals surface area contributed by atoms with E-state index in [1.165, 1.54) is 0 Å². The maximum absolute atomic E-state index is 11.2. The predicted molar refractivity (Wildman–Crippen MR) is 64.4 cm³/mol. The molecule has 3 nitrogen and oxygen atoms in total. The van der Waals surface area contributed by atoms with Crippen LogP contribution in [0.3, 0.4) is 0 Å². The third-order valence-electron chi connectivity index (χ3n) is 2.94. The van der Waals surface area contributed by atoms with Gasteiger partial charge in [0.1, 0.15) is 5.54 Å². The van der Waals surface area contributed by atoms with Crippen molar-refractivity contribution in [3.05, 3.63) is 0 Å². The third-order valence-corrected chi connectivity index (χ3v) is 4.30. The van der Waals surface area contributed by atoms with E-state index >= 15 is 0 Å². The Kier molecular flexibility index (Phi) is 4.46. The van der Waals surface area contributed by atoms with Gasteiger partial charge in [-0.05, 0) is 19.8 Å². The summed E-state index contributed by atoms with van der Waals surface area (Å²) in [4.78, 5) is 11.2. The fourth-order valence-corrected chi connectivity index (χ4v) is 3.26. The summed E-state index contributed by atoms with van der Waals surface area (Å²) in [6.45, 7) is 6.02. The largest absolute Gasteiger partial charge is 0.480 e. The molecule has 0 aromatic carbocycles. The number of carboxylic acids is 1. The van der Waals surface area contributed by atoms with E-state index < -0.39 is 11.5 Å². The van der Waals surface area contributed by atoms with Gasteiger partial charge in [-0.15, -0.1) is 0 Å². The number of rotatable bonds is 5. The SMILES string of the molecule is CCCC(C)(NC1CSC(C)C1)C(=O)O. The molecule has 1 rings (SSSR count). The molecule has 3 unspecified atom stereocenters. The Hall–Kier alpha value is -0.220. The van der Waals surface area contributed by atoms with Crippen molar-refractivity contribution in [3.63, 3.8) is 0 Å². The Bertz CT molecular complexity index is 235. The van der Waals surface area contributed by atoms with Gasteiger partial charge >= 0.3 is 5.97 Å². The molecule has 0 saturated carbocycles. The average Bonchev–Trinajstić information content (AvgIpc) is 2.51.